The largest absolute Gasteiger partial charge is 0.493 e. The van der Waals surface area contributed by atoms with Gasteiger partial charge in [0.05, 0.1) is 12.5 Å². The van der Waals surface area contributed by atoms with Crippen LogP contribution in [0.5, 0.6) is 5.75 Å². The summed E-state index contributed by atoms with van der Waals surface area (Å²) in [6.45, 7) is 1.14. The number of amides is 1. The average molecular weight is 335 g/mol. The van der Waals surface area contributed by atoms with E-state index >= 15 is 0 Å². The maximum Gasteiger partial charge on any atom is 0.308 e. The molecule has 1 aliphatic rings. The first kappa shape index (κ1) is 18.3. The fourth-order valence-electron chi connectivity index (χ4n) is 2.97. The Kier molecular flexibility index (Phi) is 7.06. The number of rotatable bonds is 8. The van der Waals surface area contributed by atoms with E-state index in [2.05, 4.69) is 5.32 Å². The molecule has 2 rings (SSSR count). The van der Waals surface area contributed by atoms with E-state index in [1.54, 1.807) is 31.4 Å². The number of methoxy groups -OCH3 is 1. The summed E-state index contributed by atoms with van der Waals surface area (Å²) in [5.41, 5.74) is 0.481. The van der Waals surface area contributed by atoms with E-state index in [0.717, 1.165) is 19.3 Å². The molecule has 1 aromatic carbocycles. The van der Waals surface area contributed by atoms with E-state index in [9.17, 15) is 14.7 Å². The van der Waals surface area contributed by atoms with Crippen LogP contribution in [0.3, 0.4) is 0 Å². The highest BCUT2D eigenvalue weighted by Gasteiger charge is 2.31. The van der Waals surface area contributed by atoms with Gasteiger partial charge in [0, 0.05) is 31.7 Å². The smallest absolute Gasteiger partial charge is 0.308 e. The Morgan fingerprint density at radius 2 is 2.04 bits per heavy atom. The van der Waals surface area contributed by atoms with Gasteiger partial charge in [-0.15, -0.1) is 0 Å². The lowest BCUT2D eigenvalue weighted by atomic mass is 9.84. The van der Waals surface area contributed by atoms with Gasteiger partial charge in [-0.1, -0.05) is 18.9 Å². The van der Waals surface area contributed by atoms with Gasteiger partial charge < -0.3 is 19.9 Å². The van der Waals surface area contributed by atoms with E-state index in [1.807, 2.05) is 0 Å². The zero-order chi connectivity index (χ0) is 17.4. The van der Waals surface area contributed by atoms with Crippen LogP contribution in [-0.4, -0.2) is 43.3 Å². The lowest BCUT2D eigenvalue weighted by Gasteiger charge is -2.29. The number of carbonyl (C=O) groups is 2. The first-order chi connectivity index (χ1) is 11.6. The summed E-state index contributed by atoms with van der Waals surface area (Å²) < 4.78 is 10.6. The highest BCUT2D eigenvalue weighted by molar-refractivity contribution is 5.95. The number of aliphatic carboxylic acids is 1. The van der Waals surface area contributed by atoms with Crippen LogP contribution >= 0.6 is 0 Å². The molecule has 0 radical (unpaired) electrons. The first-order valence-electron chi connectivity index (χ1n) is 8.37. The Bertz CT molecular complexity index is 560. The normalized spacial score (nSPS) is 20.4. The lowest BCUT2D eigenvalue weighted by molar-refractivity contribution is -0.143. The molecular weight excluding hydrogens is 310 g/mol. The molecule has 0 aromatic heterocycles. The van der Waals surface area contributed by atoms with Crippen LogP contribution in [0.25, 0.3) is 0 Å². The van der Waals surface area contributed by atoms with E-state index < -0.39 is 11.9 Å². The van der Waals surface area contributed by atoms with Crippen molar-refractivity contribution in [2.24, 2.45) is 5.92 Å². The summed E-state index contributed by atoms with van der Waals surface area (Å²) in [4.78, 5) is 23.8. The molecule has 0 spiro atoms. The second-order valence-corrected chi connectivity index (χ2v) is 6.03. The summed E-state index contributed by atoms with van der Waals surface area (Å²) in [5.74, 6) is -0.973. The molecule has 1 aromatic rings. The zero-order valence-corrected chi connectivity index (χ0v) is 14.0. The molecule has 1 amide bonds. The van der Waals surface area contributed by atoms with Crippen LogP contribution in [0.2, 0.25) is 0 Å². The molecule has 0 bridgehead atoms. The molecule has 0 saturated heterocycles. The minimum absolute atomic E-state index is 0.254. The quantitative estimate of drug-likeness (QED) is 0.713. The zero-order valence-electron chi connectivity index (χ0n) is 14.0. The van der Waals surface area contributed by atoms with Gasteiger partial charge >= 0.3 is 5.97 Å². The van der Waals surface area contributed by atoms with Crippen molar-refractivity contribution < 1.29 is 24.2 Å². The molecule has 0 heterocycles. The van der Waals surface area contributed by atoms with Crippen molar-refractivity contribution in [1.82, 2.24) is 5.32 Å². The topological polar surface area (TPSA) is 84.9 Å². The van der Waals surface area contributed by atoms with Crippen LogP contribution in [0.4, 0.5) is 0 Å². The predicted molar refractivity (Wildman–Crippen MR) is 89.3 cm³/mol. The molecule has 6 nitrogen and oxygen atoms in total. The maximum absolute atomic E-state index is 12.4. The van der Waals surface area contributed by atoms with E-state index in [1.165, 1.54) is 0 Å². The highest BCUT2D eigenvalue weighted by Crippen LogP contribution is 2.25. The second-order valence-electron chi connectivity index (χ2n) is 6.03. The van der Waals surface area contributed by atoms with E-state index in [4.69, 9.17) is 9.47 Å². The first-order valence-corrected chi connectivity index (χ1v) is 8.37. The molecule has 1 fully saturated rings. The van der Waals surface area contributed by atoms with Gasteiger partial charge in [0.15, 0.2) is 0 Å². The second kappa shape index (κ2) is 9.27. The SMILES string of the molecule is COCCCOc1cccc(C(=O)NC2CCCCC2C(=O)O)c1. The Morgan fingerprint density at radius 1 is 1.25 bits per heavy atom. The summed E-state index contributed by atoms with van der Waals surface area (Å²) in [7, 11) is 1.64. The van der Waals surface area contributed by atoms with Crippen LogP contribution in [-0.2, 0) is 9.53 Å². The maximum atomic E-state index is 12.4. The molecule has 132 valence electrons. The van der Waals surface area contributed by atoms with Gasteiger partial charge in [-0.2, -0.15) is 0 Å². The van der Waals surface area contributed by atoms with Crippen molar-refractivity contribution in [2.75, 3.05) is 20.3 Å². The summed E-state index contributed by atoms with van der Waals surface area (Å²) in [5, 5.41) is 12.2. The van der Waals surface area contributed by atoms with Gasteiger partial charge in [-0.3, -0.25) is 9.59 Å². The van der Waals surface area contributed by atoms with Gasteiger partial charge in [-0.05, 0) is 31.0 Å². The third kappa shape index (κ3) is 5.23. The summed E-state index contributed by atoms with van der Waals surface area (Å²) in [6, 6.07) is 6.63. The van der Waals surface area contributed by atoms with Gasteiger partial charge in [-0.25, -0.2) is 0 Å². The highest BCUT2D eigenvalue weighted by atomic mass is 16.5. The fourth-order valence-corrected chi connectivity index (χ4v) is 2.97. The molecule has 2 unspecified atom stereocenters. The van der Waals surface area contributed by atoms with E-state index in [0.29, 0.717) is 37.4 Å². The third-order valence-electron chi connectivity index (χ3n) is 4.26. The molecule has 2 N–H and O–H groups in total. The predicted octanol–water partition coefficient (Wildman–Crippen LogP) is 2.48. The Hall–Kier alpha value is -2.08. The Morgan fingerprint density at radius 3 is 2.79 bits per heavy atom. The molecule has 1 aliphatic carbocycles. The van der Waals surface area contributed by atoms with Crippen molar-refractivity contribution >= 4 is 11.9 Å². The number of carbonyl (C=O) groups excluding carboxylic acids is 1. The van der Waals surface area contributed by atoms with Crippen molar-refractivity contribution in [3.8, 4) is 5.75 Å². The summed E-state index contributed by atoms with van der Waals surface area (Å²) in [6.07, 6.45) is 3.93. The Balaban J connectivity index is 1.95. The van der Waals surface area contributed by atoms with Gasteiger partial charge in [0.2, 0.25) is 0 Å². The average Bonchev–Trinajstić information content (AvgIpc) is 2.59. The number of hydrogen-bond acceptors (Lipinski definition) is 4. The number of ether oxygens (including phenoxy) is 2. The standard InChI is InChI=1S/C18H25NO5/c1-23-10-5-11-24-14-7-4-6-13(12-14)17(20)19-16-9-3-2-8-15(16)18(21)22/h4,6-7,12,15-16H,2-3,5,8-11H2,1H3,(H,19,20)(H,21,22). The minimum Gasteiger partial charge on any atom is -0.493 e. The molecule has 1 saturated carbocycles. The van der Waals surface area contributed by atoms with Crippen molar-refractivity contribution in [1.29, 1.82) is 0 Å². The van der Waals surface area contributed by atoms with Crippen molar-refractivity contribution in [2.45, 2.75) is 38.1 Å². The van der Waals surface area contributed by atoms with Gasteiger partial charge in [0.25, 0.3) is 5.91 Å². The lowest BCUT2D eigenvalue weighted by Crippen LogP contribution is -2.45. The molecule has 2 atom stereocenters. The number of carboxylic acids is 1. The number of benzene rings is 1. The van der Waals surface area contributed by atoms with Crippen molar-refractivity contribution in [3.63, 3.8) is 0 Å². The number of hydrogen-bond donors (Lipinski definition) is 2. The van der Waals surface area contributed by atoms with E-state index in [-0.39, 0.29) is 11.9 Å². The van der Waals surface area contributed by atoms with Crippen LogP contribution < -0.4 is 10.1 Å². The van der Waals surface area contributed by atoms with Crippen LogP contribution in [0, 0.1) is 5.92 Å². The fraction of sp³-hybridized carbons (Fsp3) is 0.556. The van der Waals surface area contributed by atoms with Crippen LogP contribution in [0.1, 0.15) is 42.5 Å². The molecular formula is C18H25NO5. The molecule has 6 heteroatoms. The number of nitrogens with one attached hydrogen (secondary N) is 1. The monoisotopic (exact) mass is 335 g/mol. The number of carboxylic acid groups (broad SMARTS) is 1. The molecule has 0 aliphatic heterocycles. The van der Waals surface area contributed by atoms with Gasteiger partial charge in [0.1, 0.15) is 5.75 Å². The van der Waals surface area contributed by atoms with Crippen LogP contribution in [0.15, 0.2) is 24.3 Å². The molecule has 24 heavy (non-hydrogen) atoms. The summed E-state index contributed by atoms with van der Waals surface area (Å²) >= 11 is 0. The third-order valence-corrected chi connectivity index (χ3v) is 4.26. The minimum atomic E-state index is -0.838. The van der Waals surface area contributed by atoms with Crippen molar-refractivity contribution in [3.05, 3.63) is 29.8 Å². The Labute approximate surface area is 142 Å².